The zero-order valence-electron chi connectivity index (χ0n) is 15.4. The normalized spacial score (nSPS) is 17.8. The lowest BCUT2D eigenvalue weighted by Crippen LogP contribution is -2.22. The predicted molar refractivity (Wildman–Crippen MR) is 101 cm³/mol. The van der Waals surface area contributed by atoms with Crippen molar-refractivity contribution in [3.8, 4) is 0 Å². The molecule has 1 atom stereocenters. The molecule has 1 aromatic heterocycles. The molecule has 2 aromatic rings. The summed E-state index contributed by atoms with van der Waals surface area (Å²) in [5.41, 5.74) is 1.69. The number of benzene rings is 1. The smallest absolute Gasteiger partial charge is 0.242 e. The maximum atomic E-state index is 12.2. The van der Waals surface area contributed by atoms with E-state index in [1.54, 1.807) is 12.1 Å². The summed E-state index contributed by atoms with van der Waals surface area (Å²) in [7, 11) is -0.509. The standard InChI is InChI=1S/C18H24N4O4S/c1-22(2)27(24,25)15-7-5-13(6-8-15)10-18(23)19-17-11-16(20-21-17)14-4-3-9-26-12-14/h5-8,11,14H,3-4,9-10,12H2,1-2H3,(H2,19,20,21,23). The highest BCUT2D eigenvalue weighted by Gasteiger charge is 2.19. The molecule has 0 bridgehead atoms. The molecule has 1 aromatic carbocycles. The molecule has 9 heteroatoms. The van der Waals surface area contributed by atoms with E-state index in [-0.39, 0.29) is 23.1 Å². The summed E-state index contributed by atoms with van der Waals surface area (Å²) in [5.74, 6) is 0.548. The fourth-order valence-electron chi connectivity index (χ4n) is 2.96. The number of amides is 1. The van der Waals surface area contributed by atoms with Crippen molar-refractivity contribution < 1.29 is 17.9 Å². The van der Waals surface area contributed by atoms with Gasteiger partial charge in [0.15, 0.2) is 5.82 Å². The minimum atomic E-state index is -3.47. The third-order valence-corrected chi connectivity index (χ3v) is 6.36. The molecular weight excluding hydrogens is 368 g/mol. The number of carbonyl (C=O) groups is 1. The number of nitrogens with zero attached hydrogens (tertiary/aromatic N) is 2. The molecule has 0 saturated carbocycles. The van der Waals surface area contributed by atoms with E-state index >= 15 is 0 Å². The molecule has 146 valence electrons. The number of anilines is 1. The molecule has 1 aliphatic heterocycles. The van der Waals surface area contributed by atoms with E-state index in [2.05, 4.69) is 15.5 Å². The van der Waals surface area contributed by atoms with Crippen LogP contribution in [0, 0.1) is 0 Å². The number of H-pyrrole nitrogens is 1. The lowest BCUT2D eigenvalue weighted by atomic mass is 9.99. The summed E-state index contributed by atoms with van der Waals surface area (Å²) in [5, 5.41) is 9.87. The third-order valence-electron chi connectivity index (χ3n) is 4.53. The highest BCUT2D eigenvalue weighted by molar-refractivity contribution is 7.89. The van der Waals surface area contributed by atoms with Gasteiger partial charge in [-0.3, -0.25) is 9.89 Å². The fourth-order valence-corrected chi connectivity index (χ4v) is 3.86. The molecule has 2 N–H and O–H groups in total. The van der Waals surface area contributed by atoms with Crippen molar-refractivity contribution in [3.05, 3.63) is 41.6 Å². The van der Waals surface area contributed by atoms with Crippen LogP contribution in [0.4, 0.5) is 5.82 Å². The largest absolute Gasteiger partial charge is 0.381 e. The topological polar surface area (TPSA) is 104 Å². The van der Waals surface area contributed by atoms with Crippen molar-refractivity contribution in [2.24, 2.45) is 0 Å². The highest BCUT2D eigenvalue weighted by Crippen LogP contribution is 2.25. The number of ether oxygens (including phenoxy) is 1. The van der Waals surface area contributed by atoms with Gasteiger partial charge in [-0.2, -0.15) is 5.10 Å². The van der Waals surface area contributed by atoms with Crippen molar-refractivity contribution in [2.75, 3.05) is 32.6 Å². The van der Waals surface area contributed by atoms with Gasteiger partial charge in [-0.15, -0.1) is 0 Å². The second-order valence-electron chi connectivity index (χ2n) is 6.78. The molecule has 27 heavy (non-hydrogen) atoms. The zero-order chi connectivity index (χ0) is 19.4. The molecule has 0 aliphatic carbocycles. The molecule has 1 saturated heterocycles. The first kappa shape index (κ1) is 19.5. The summed E-state index contributed by atoms with van der Waals surface area (Å²) in [6, 6.07) is 8.14. The van der Waals surface area contributed by atoms with Crippen LogP contribution in [0.1, 0.15) is 30.0 Å². The minimum absolute atomic E-state index is 0.136. The molecule has 8 nitrogen and oxygen atoms in total. The van der Waals surface area contributed by atoms with Crippen molar-refractivity contribution in [3.63, 3.8) is 0 Å². The van der Waals surface area contributed by atoms with Gasteiger partial charge in [0.2, 0.25) is 15.9 Å². The molecule has 2 heterocycles. The van der Waals surface area contributed by atoms with E-state index in [4.69, 9.17) is 4.74 Å². The van der Waals surface area contributed by atoms with Crippen molar-refractivity contribution in [1.82, 2.24) is 14.5 Å². The van der Waals surface area contributed by atoms with Gasteiger partial charge in [-0.1, -0.05) is 12.1 Å². The minimum Gasteiger partial charge on any atom is -0.381 e. The predicted octanol–water partition coefficient (Wildman–Crippen LogP) is 1.74. The first-order chi connectivity index (χ1) is 12.9. The molecule has 1 fully saturated rings. The van der Waals surface area contributed by atoms with Gasteiger partial charge in [-0.05, 0) is 30.5 Å². The zero-order valence-corrected chi connectivity index (χ0v) is 16.3. The Morgan fingerprint density at radius 1 is 1.33 bits per heavy atom. The Labute approximate surface area is 159 Å². The van der Waals surface area contributed by atoms with Crippen LogP contribution in [0.3, 0.4) is 0 Å². The summed E-state index contributed by atoms with van der Waals surface area (Å²) in [6.45, 7) is 1.46. The van der Waals surface area contributed by atoms with Gasteiger partial charge >= 0.3 is 0 Å². The highest BCUT2D eigenvalue weighted by atomic mass is 32.2. The number of nitrogens with one attached hydrogen (secondary N) is 2. The van der Waals surface area contributed by atoms with Crippen LogP contribution in [0.15, 0.2) is 35.2 Å². The van der Waals surface area contributed by atoms with E-state index in [1.165, 1.54) is 26.2 Å². The maximum Gasteiger partial charge on any atom is 0.242 e. The quantitative estimate of drug-likeness (QED) is 0.779. The van der Waals surface area contributed by atoms with Crippen molar-refractivity contribution in [2.45, 2.75) is 30.1 Å². The first-order valence-electron chi connectivity index (χ1n) is 8.80. The number of hydrogen-bond acceptors (Lipinski definition) is 5. The Bertz CT molecular complexity index is 884. The second-order valence-corrected chi connectivity index (χ2v) is 8.93. The van der Waals surface area contributed by atoms with Crippen LogP contribution < -0.4 is 5.32 Å². The van der Waals surface area contributed by atoms with Crippen LogP contribution in [0.2, 0.25) is 0 Å². The first-order valence-corrected chi connectivity index (χ1v) is 10.2. The summed E-state index contributed by atoms with van der Waals surface area (Å²) >= 11 is 0. The summed E-state index contributed by atoms with van der Waals surface area (Å²) in [4.78, 5) is 12.4. The monoisotopic (exact) mass is 392 g/mol. The van der Waals surface area contributed by atoms with Gasteiger partial charge in [0.1, 0.15) is 0 Å². The van der Waals surface area contributed by atoms with Crippen LogP contribution in [0.5, 0.6) is 0 Å². The molecule has 3 rings (SSSR count). The molecule has 0 spiro atoms. The van der Waals surface area contributed by atoms with Gasteiger partial charge in [0, 0.05) is 38.4 Å². The van der Waals surface area contributed by atoms with Crippen LogP contribution in [-0.4, -0.2) is 56.1 Å². The lowest BCUT2D eigenvalue weighted by Gasteiger charge is -2.20. The lowest BCUT2D eigenvalue weighted by molar-refractivity contribution is -0.115. The van der Waals surface area contributed by atoms with E-state index in [0.29, 0.717) is 12.4 Å². The number of rotatable bonds is 6. The fraction of sp³-hybridized carbons (Fsp3) is 0.444. The number of hydrogen-bond donors (Lipinski definition) is 2. The average Bonchev–Trinajstić information content (AvgIpc) is 3.11. The Balaban J connectivity index is 1.59. The molecule has 1 unspecified atom stereocenters. The Hall–Kier alpha value is -2.23. The van der Waals surface area contributed by atoms with Gasteiger partial charge in [0.05, 0.1) is 17.9 Å². The Morgan fingerprint density at radius 3 is 2.70 bits per heavy atom. The van der Waals surface area contributed by atoms with E-state index in [0.717, 1.165) is 35.0 Å². The Kier molecular flexibility index (Phi) is 5.93. The van der Waals surface area contributed by atoms with Crippen LogP contribution in [-0.2, 0) is 26.0 Å². The SMILES string of the molecule is CN(C)S(=O)(=O)c1ccc(CC(=O)Nc2cc(C3CCCOC3)[nH]n2)cc1. The van der Waals surface area contributed by atoms with Crippen molar-refractivity contribution in [1.29, 1.82) is 0 Å². The summed E-state index contributed by atoms with van der Waals surface area (Å²) in [6.07, 6.45) is 2.19. The third kappa shape index (κ3) is 4.74. The Morgan fingerprint density at radius 2 is 2.07 bits per heavy atom. The maximum absolute atomic E-state index is 12.2. The van der Waals surface area contributed by atoms with Gasteiger partial charge < -0.3 is 10.1 Å². The number of carbonyl (C=O) groups excluding carboxylic acids is 1. The van der Waals surface area contributed by atoms with Gasteiger partial charge in [-0.25, -0.2) is 12.7 Å². The van der Waals surface area contributed by atoms with Crippen LogP contribution in [0.25, 0.3) is 0 Å². The van der Waals surface area contributed by atoms with E-state index in [1.807, 2.05) is 6.07 Å². The molecular formula is C18H24N4O4S. The van der Waals surface area contributed by atoms with Gasteiger partial charge in [0.25, 0.3) is 0 Å². The molecule has 1 aliphatic rings. The molecule has 1 amide bonds. The van der Waals surface area contributed by atoms with E-state index in [9.17, 15) is 13.2 Å². The number of aromatic nitrogens is 2. The van der Waals surface area contributed by atoms with Crippen molar-refractivity contribution >= 4 is 21.7 Å². The summed E-state index contributed by atoms with van der Waals surface area (Å²) < 4.78 is 30.8. The second kappa shape index (κ2) is 8.20. The average molecular weight is 392 g/mol. The molecule has 0 radical (unpaired) electrons. The number of aromatic amines is 1. The van der Waals surface area contributed by atoms with Crippen LogP contribution >= 0.6 is 0 Å². The number of sulfonamides is 1. The van der Waals surface area contributed by atoms with E-state index < -0.39 is 10.0 Å².